The molecular formula is C31H26N2O2. The molecule has 0 heterocycles. The highest BCUT2D eigenvalue weighted by molar-refractivity contribution is 5.96. The number of carboxylic acid groups (broad SMARTS) is 1. The molecule has 4 aromatic carbocycles. The molecule has 0 saturated heterocycles. The van der Waals surface area contributed by atoms with Crippen LogP contribution in [-0.4, -0.2) is 11.1 Å². The van der Waals surface area contributed by atoms with Crippen LogP contribution in [-0.2, 0) is 4.79 Å². The molecule has 0 amide bonds. The van der Waals surface area contributed by atoms with E-state index in [-0.39, 0.29) is 5.57 Å². The van der Waals surface area contributed by atoms with E-state index in [1.807, 2.05) is 43.3 Å². The zero-order chi connectivity index (χ0) is 24.9. The van der Waals surface area contributed by atoms with Gasteiger partial charge in [-0.15, -0.1) is 0 Å². The first-order valence-corrected chi connectivity index (χ1v) is 11.4. The number of nitrogens with zero attached hydrogens (tertiary/aromatic N) is 2. The lowest BCUT2D eigenvalue weighted by Gasteiger charge is -2.27. The van der Waals surface area contributed by atoms with Gasteiger partial charge in [0.25, 0.3) is 0 Å². The number of rotatable bonds is 6. The van der Waals surface area contributed by atoms with E-state index >= 15 is 0 Å². The summed E-state index contributed by atoms with van der Waals surface area (Å²) in [4.78, 5) is 13.5. The second-order valence-electron chi connectivity index (χ2n) is 8.56. The van der Waals surface area contributed by atoms with Gasteiger partial charge in [-0.1, -0.05) is 54.6 Å². The normalized spacial score (nSPS) is 11.1. The van der Waals surface area contributed by atoms with Crippen LogP contribution in [0.4, 0.5) is 17.1 Å². The van der Waals surface area contributed by atoms with E-state index in [1.54, 1.807) is 6.07 Å². The van der Waals surface area contributed by atoms with Crippen LogP contribution in [0.2, 0.25) is 0 Å². The minimum atomic E-state index is -1.23. The summed E-state index contributed by atoms with van der Waals surface area (Å²) >= 11 is 0. The molecule has 4 aromatic rings. The van der Waals surface area contributed by atoms with Crippen LogP contribution in [0.15, 0.2) is 96.6 Å². The van der Waals surface area contributed by atoms with Gasteiger partial charge in [-0.3, -0.25) is 0 Å². The maximum absolute atomic E-state index is 11.2. The first-order chi connectivity index (χ1) is 16.9. The molecule has 0 radical (unpaired) electrons. The monoisotopic (exact) mass is 458 g/mol. The van der Waals surface area contributed by atoms with Gasteiger partial charge < -0.3 is 10.0 Å². The molecule has 0 unspecified atom stereocenters. The maximum Gasteiger partial charge on any atom is 0.346 e. The van der Waals surface area contributed by atoms with E-state index in [0.717, 1.165) is 39.3 Å². The minimum Gasteiger partial charge on any atom is -0.477 e. The lowest BCUT2D eigenvalue weighted by Crippen LogP contribution is -2.10. The number of hydrogen-bond donors (Lipinski definition) is 1. The van der Waals surface area contributed by atoms with Crippen LogP contribution in [0.5, 0.6) is 0 Å². The second-order valence-corrected chi connectivity index (χ2v) is 8.56. The van der Waals surface area contributed by atoms with Gasteiger partial charge >= 0.3 is 5.97 Å². The van der Waals surface area contributed by atoms with E-state index in [1.165, 1.54) is 11.6 Å². The van der Waals surface area contributed by atoms with Crippen LogP contribution in [0.3, 0.4) is 0 Å². The van der Waals surface area contributed by atoms with Gasteiger partial charge in [0.05, 0.1) is 0 Å². The van der Waals surface area contributed by atoms with Crippen molar-refractivity contribution in [1.29, 1.82) is 5.26 Å². The van der Waals surface area contributed by atoms with E-state index < -0.39 is 5.97 Å². The van der Waals surface area contributed by atoms with Crippen LogP contribution >= 0.6 is 0 Å². The van der Waals surface area contributed by atoms with Crippen molar-refractivity contribution in [3.05, 3.63) is 119 Å². The number of aliphatic carboxylic acids is 1. The van der Waals surface area contributed by atoms with Crippen molar-refractivity contribution in [2.24, 2.45) is 0 Å². The zero-order valence-corrected chi connectivity index (χ0v) is 20.0. The van der Waals surface area contributed by atoms with Gasteiger partial charge in [-0.2, -0.15) is 5.26 Å². The number of carboxylic acids is 1. The first kappa shape index (κ1) is 23.5. The molecule has 4 rings (SSSR count). The predicted molar refractivity (Wildman–Crippen MR) is 142 cm³/mol. The van der Waals surface area contributed by atoms with Gasteiger partial charge in [-0.25, -0.2) is 4.79 Å². The lowest BCUT2D eigenvalue weighted by atomic mass is 9.94. The Bertz CT molecular complexity index is 1460. The molecule has 0 atom stereocenters. The molecule has 4 nitrogen and oxygen atoms in total. The van der Waals surface area contributed by atoms with Gasteiger partial charge in [0.15, 0.2) is 0 Å². The van der Waals surface area contributed by atoms with Crippen molar-refractivity contribution < 1.29 is 9.90 Å². The van der Waals surface area contributed by atoms with Crippen LogP contribution < -0.4 is 4.90 Å². The third-order valence-corrected chi connectivity index (χ3v) is 5.96. The Kier molecular flexibility index (Phi) is 6.80. The molecule has 0 spiro atoms. The summed E-state index contributed by atoms with van der Waals surface area (Å²) < 4.78 is 0. The Labute approximate surface area is 206 Å². The third kappa shape index (κ3) is 5.15. The maximum atomic E-state index is 11.2. The molecule has 0 aliphatic carbocycles. The number of carbonyl (C=O) groups is 1. The van der Waals surface area contributed by atoms with E-state index in [4.69, 9.17) is 10.4 Å². The van der Waals surface area contributed by atoms with Crippen LogP contribution in [0, 0.1) is 32.1 Å². The number of benzene rings is 4. The molecule has 0 aromatic heterocycles. The summed E-state index contributed by atoms with van der Waals surface area (Å²) in [6, 6.07) is 32.7. The average Bonchev–Trinajstić information content (AvgIpc) is 2.84. The SMILES string of the molecule is Cc1cccc(N(c2ccccc2)c2ccc(C)c(-c3ccc(/C=C(\C#N)C(=O)O)cc3C)c2)c1. The fourth-order valence-electron chi connectivity index (χ4n) is 4.22. The molecule has 4 heteroatoms. The number of anilines is 3. The zero-order valence-electron chi connectivity index (χ0n) is 20.0. The third-order valence-electron chi connectivity index (χ3n) is 5.96. The molecule has 0 aliphatic heterocycles. The molecule has 0 bridgehead atoms. The molecule has 172 valence electrons. The minimum absolute atomic E-state index is 0.285. The summed E-state index contributed by atoms with van der Waals surface area (Å²) in [5.74, 6) is -1.23. The topological polar surface area (TPSA) is 64.3 Å². The Morgan fingerprint density at radius 2 is 1.49 bits per heavy atom. The molecule has 0 aliphatic rings. The predicted octanol–water partition coefficient (Wildman–Crippen LogP) is 7.74. The highest BCUT2D eigenvalue weighted by atomic mass is 16.4. The van der Waals surface area contributed by atoms with Gasteiger partial charge in [0.2, 0.25) is 0 Å². The van der Waals surface area contributed by atoms with E-state index in [9.17, 15) is 4.79 Å². The van der Waals surface area contributed by atoms with E-state index in [2.05, 4.69) is 73.3 Å². The molecular weight excluding hydrogens is 432 g/mol. The largest absolute Gasteiger partial charge is 0.477 e. The fourth-order valence-corrected chi connectivity index (χ4v) is 4.22. The number of hydrogen-bond acceptors (Lipinski definition) is 3. The number of aryl methyl sites for hydroxylation is 3. The molecule has 1 N–H and O–H groups in total. The average molecular weight is 459 g/mol. The smallest absolute Gasteiger partial charge is 0.346 e. The first-order valence-electron chi connectivity index (χ1n) is 11.4. The van der Waals surface area contributed by atoms with E-state index in [0.29, 0.717) is 5.56 Å². The van der Waals surface area contributed by atoms with Gasteiger partial charge in [0.1, 0.15) is 11.6 Å². The Hall–Kier alpha value is -4.62. The summed E-state index contributed by atoms with van der Waals surface area (Å²) in [6.07, 6.45) is 1.40. The van der Waals surface area contributed by atoms with Crippen LogP contribution in [0.1, 0.15) is 22.3 Å². The fraction of sp³-hybridized carbons (Fsp3) is 0.0968. The Morgan fingerprint density at radius 1 is 0.771 bits per heavy atom. The van der Waals surface area contributed by atoms with Crippen molar-refractivity contribution in [1.82, 2.24) is 0 Å². The quantitative estimate of drug-likeness (QED) is 0.237. The molecule has 0 fully saturated rings. The highest BCUT2D eigenvalue weighted by Crippen LogP contribution is 2.38. The van der Waals surface area contributed by atoms with Crippen LogP contribution in [0.25, 0.3) is 17.2 Å². The molecule has 0 saturated carbocycles. The molecule has 35 heavy (non-hydrogen) atoms. The Morgan fingerprint density at radius 3 is 2.14 bits per heavy atom. The van der Waals surface area contributed by atoms with Crippen molar-refractivity contribution >= 4 is 29.1 Å². The van der Waals surface area contributed by atoms with Gasteiger partial charge in [0, 0.05) is 17.1 Å². The Balaban J connectivity index is 1.82. The summed E-state index contributed by atoms with van der Waals surface area (Å²) in [6.45, 7) is 6.18. The second kappa shape index (κ2) is 10.1. The highest BCUT2D eigenvalue weighted by Gasteiger charge is 2.15. The van der Waals surface area contributed by atoms with Crippen molar-refractivity contribution in [3.8, 4) is 17.2 Å². The van der Waals surface area contributed by atoms with Crippen molar-refractivity contribution in [2.45, 2.75) is 20.8 Å². The van der Waals surface area contributed by atoms with Crippen molar-refractivity contribution in [3.63, 3.8) is 0 Å². The summed E-state index contributed by atoms with van der Waals surface area (Å²) in [5.41, 5.74) is 9.09. The van der Waals surface area contributed by atoms with Crippen molar-refractivity contribution in [2.75, 3.05) is 4.90 Å². The number of nitriles is 1. The standard InChI is InChI=1S/C31H26N2O2/c1-21-8-7-11-27(16-21)33(26-9-5-4-6-10-26)28-14-12-22(2)30(19-28)29-15-13-24(17-23(29)3)18-25(20-32)31(34)35/h4-19H,1-3H3,(H,34,35)/b25-18+. The summed E-state index contributed by atoms with van der Waals surface area (Å²) in [5, 5.41) is 18.2. The summed E-state index contributed by atoms with van der Waals surface area (Å²) in [7, 11) is 0. The number of para-hydroxylation sites is 1. The van der Waals surface area contributed by atoms with Gasteiger partial charge in [-0.05, 0) is 96.6 Å². The lowest BCUT2D eigenvalue weighted by molar-refractivity contribution is -0.132.